The predicted molar refractivity (Wildman–Crippen MR) is 78.8 cm³/mol. The van der Waals surface area contributed by atoms with Gasteiger partial charge in [0.15, 0.2) is 11.5 Å². The molecule has 0 atom stereocenters. The van der Waals surface area contributed by atoms with Gasteiger partial charge < -0.3 is 14.8 Å². The van der Waals surface area contributed by atoms with Crippen molar-refractivity contribution in [3.8, 4) is 11.5 Å². The van der Waals surface area contributed by atoms with Crippen LogP contribution in [0.4, 0.5) is 10.1 Å². The van der Waals surface area contributed by atoms with Gasteiger partial charge in [-0.25, -0.2) is 4.39 Å². The van der Waals surface area contributed by atoms with Crippen molar-refractivity contribution in [1.29, 1.82) is 0 Å². The highest BCUT2D eigenvalue weighted by molar-refractivity contribution is 9.10. The van der Waals surface area contributed by atoms with Crippen LogP contribution in [0.25, 0.3) is 0 Å². The molecule has 0 aliphatic rings. The van der Waals surface area contributed by atoms with Crippen LogP contribution in [0.3, 0.4) is 0 Å². The number of pyridine rings is 1. The van der Waals surface area contributed by atoms with Crippen molar-refractivity contribution in [2.45, 2.75) is 6.54 Å². The average molecular weight is 341 g/mol. The Bertz CT molecular complexity index is 608. The lowest BCUT2D eigenvalue weighted by atomic mass is 10.2. The molecule has 0 unspecified atom stereocenters. The van der Waals surface area contributed by atoms with Crippen molar-refractivity contribution in [2.24, 2.45) is 0 Å². The maximum atomic E-state index is 13.2. The number of nitrogens with one attached hydrogen (secondary N) is 1. The molecule has 0 saturated carbocycles. The topological polar surface area (TPSA) is 43.4 Å². The lowest BCUT2D eigenvalue weighted by Crippen LogP contribution is -2.05. The maximum absolute atomic E-state index is 13.2. The quantitative estimate of drug-likeness (QED) is 0.902. The molecule has 0 bridgehead atoms. The first-order chi connectivity index (χ1) is 9.65. The van der Waals surface area contributed by atoms with E-state index in [1.54, 1.807) is 32.5 Å². The predicted octanol–water partition coefficient (Wildman–Crippen LogP) is 3.61. The van der Waals surface area contributed by atoms with Gasteiger partial charge in [0.1, 0.15) is 11.5 Å². The molecule has 0 aliphatic carbocycles. The standard InChI is InChI=1S/C14H14BrFN2O2/c1-19-13-5-6-17-12(14(13)20-2)8-18-11-7-9(16)3-4-10(11)15/h3-7,18H,8H2,1-2H3. The second-order valence-electron chi connectivity index (χ2n) is 3.97. The summed E-state index contributed by atoms with van der Waals surface area (Å²) in [6.07, 6.45) is 1.64. The van der Waals surface area contributed by atoms with Crippen LogP contribution in [0.1, 0.15) is 5.69 Å². The van der Waals surface area contributed by atoms with E-state index in [-0.39, 0.29) is 5.82 Å². The monoisotopic (exact) mass is 340 g/mol. The number of rotatable bonds is 5. The molecule has 0 saturated heterocycles. The molecule has 0 aliphatic heterocycles. The van der Waals surface area contributed by atoms with Gasteiger partial charge in [-0.15, -0.1) is 0 Å². The zero-order chi connectivity index (χ0) is 14.5. The fourth-order valence-electron chi connectivity index (χ4n) is 1.79. The minimum Gasteiger partial charge on any atom is -0.493 e. The summed E-state index contributed by atoms with van der Waals surface area (Å²) in [7, 11) is 3.12. The molecular weight excluding hydrogens is 327 g/mol. The van der Waals surface area contributed by atoms with E-state index in [4.69, 9.17) is 9.47 Å². The van der Waals surface area contributed by atoms with Crippen molar-refractivity contribution < 1.29 is 13.9 Å². The van der Waals surface area contributed by atoms with Crippen LogP contribution in [0.15, 0.2) is 34.9 Å². The third-order valence-electron chi connectivity index (χ3n) is 2.74. The summed E-state index contributed by atoms with van der Waals surface area (Å²) in [4.78, 5) is 4.25. The Morgan fingerprint density at radius 1 is 1.25 bits per heavy atom. The van der Waals surface area contributed by atoms with Crippen LogP contribution in [-0.2, 0) is 6.54 Å². The first-order valence-corrected chi connectivity index (χ1v) is 6.69. The van der Waals surface area contributed by atoms with Gasteiger partial charge in [0, 0.05) is 16.7 Å². The SMILES string of the molecule is COc1ccnc(CNc2cc(F)ccc2Br)c1OC. The van der Waals surface area contributed by atoms with Crippen LogP contribution in [0, 0.1) is 5.82 Å². The molecule has 1 N–H and O–H groups in total. The third kappa shape index (κ3) is 3.19. The Hall–Kier alpha value is -1.82. The van der Waals surface area contributed by atoms with Gasteiger partial charge in [-0.1, -0.05) is 0 Å². The van der Waals surface area contributed by atoms with Crippen LogP contribution < -0.4 is 14.8 Å². The number of nitrogens with zero attached hydrogens (tertiary/aromatic N) is 1. The number of methoxy groups -OCH3 is 2. The molecular formula is C14H14BrFN2O2. The van der Waals surface area contributed by atoms with E-state index < -0.39 is 0 Å². The first kappa shape index (κ1) is 14.6. The van der Waals surface area contributed by atoms with E-state index in [1.165, 1.54) is 12.1 Å². The van der Waals surface area contributed by atoms with Crippen LogP contribution >= 0.6 is 15.9 Å². The second kappa shape index (κ2) is 6.56. The molecule has 4 nitrogen and oxygen atoms in total. The minimum absolute atomic E-state index is 0.304. The van der Waals surface area contributed by atoms with Gasteiger partial charge in [0.05, 0.1) is 26.5 Å². The van der Waals surface area contributed by atoms with E-state index in [0.29, 0.717) is 29.4 Å². The number of hydrogen-bond donors (Lipinski definition) is 1. The maximum Gasteiger partial charge on any atom is 0.184 e. The zero-order valence-electron chi connectivity index (χ0n) is 11.1. The number of benzene rings is 1. The van der Waals surface area contributed by atoms with Gasteiger partial charge in [-0.2, -0.15) is 0 Å². The summed E-state index contributed by atoms with van der Waals surface area (Å²) in [5, 5.41) is 3.11. The van der Waals surface area contributed by atoms with Crippen LogP contribution in [-0.4, -0.2) is 19.2 Å². The number of halogens is 2. The summed E-state index contributed by atoms with van der Waals surface area (Å²) in [5.74, 6) is 0.869. The molecule has 20 heavy (non-hydrogen) atoms. The Kier molecular flexibility index (Phi) is 4.79. The fourth-order valence-corrected chi connectivity index (χ4v) is 2.18. The molecule has 2 aromatic rings. The molecule has 6 heteroatoms. The van der Waals surface area contributed by atoms with Crippen molar-refractivity contribution in [3.05, 3.63) is 46.4 Å². The van der Waals surface area contributed by atoms with Gasteiger partial charge in [-0.3, -0.25) is 4.98 Å². The number of anilines is 1. The Morgan fingerprint density at radius 3 is 2.75 bits per heavy atom. The number of ether oxygens (including phenoxy) is 2. The molecule has 1 aromatic heterocycles. The van der Waals surface area contributed by atoms with Gasteiger partial charge in [0.2, 0.25) is 0 Å². The van der Waals surface area contributed by atoms with Crippen LogP contribution in [0.2, 0.25) is 0 Å². The Balaban J connectivity index is 2.20. The first-order valence-electron chi connectivity index (χ1n) is 5.90. The van der Waals surface area contributed by atoms with Gasteiger partial charge in [-0.05, 0) is 34.1 Å². The highest BCUT2D eigenvalue weighted by Gasteiger charge is 2.11. The van der Waals surface area contributed by atoms with Crippen molar-refractivity contribution in [2.75, 3.05) is 19.5 Å². The molecule has 2 rings (SSSR count). The molecule has 1 aromatic carbocycles. The fraction of sp³-hybridized carbons (Fsp3) is 0.214. The summed E-state index contributed by atoms with van der Waals surface area (Å²) in [6.45, 7) is 0.391. The molecule has 0 radical (unpaired) electrons. The Morgan fingerprint density at radius 2 is 2.05 bits per heavy atom. The van der Waals surface area contributed by atoms with E-state index in [2.05, 4.69) is 26.2 Å². The van der Waals surface area contributed by atoms with Crippen molar-refractivity contribution in [1.82, 2.24) is 4.98 Å². The summed E-state index contributed by atoms with van der Waals surface area (Å²) in [5.41, 5.74) is 1.33. The Labute approximate surface area is 125 Å². The van der Waals surface area contributed by atoms with Gasteiger partial charge >= 0.3 is 0 Å². The molecule has 0 amide bonds. The van der Waals surface area contributed by atoms with E-state index in [0.717, 1.165) is 4.47 Å². The summed E-state index contributed by atoms with van der Waals surface area (Å²) in [6, 6.07) is 6.17. The average Bonchev–Trinajstić information content (AvgIpc) is 2.47. The van der Waals surface area contributed by atoms with E-state index in [1.807, 2.05) is 0 Å². The highest BCUT2D eigenvalue weighted by atomic mass is 79.9. The zero-order valence-corrected chi connectivity index (χ0v) is 12.7. The van der Waals surface area contributed by atoms with Gasteiger partial charge in [0.25, 0.3) is 0 Å². The smallest absolute Gasteiger partial charge is 0.184 e. The molecule has 0 fully saturated rings. The minimum atomic E-state index is -0.304. The van der Waals surface area contributed by atoms with Crippen molar-refractivity contribution in [3.63, 3.8) is 0 Å². The number of aromatic nitrogens is 1. The van der Waals surface area contributed by atoms with E-state index >= 15 is 0 Å². The molecule has 106 valence electrons. The lowest BCUT2D eigenvalue weighted by Gasteiger charge is -2.13. The normalized spacial score (nSPS) is 10.2. The second-order valence-corrected chi connectivity index (χ2v) is 4.83. The molecule has 1 heterocycles. The molecule has 0 spiro atoms. The van der Waals surface area contributed by atoms with Crippen molar-refractivity contribution >= 4 is 21.6 Å². The van der Waals surface area contributed by atoms with E-state index in [9.17, 15) is 4.39 Å². The summed E-state index contributed by atoms with van der Waals surface area (Å²) >= 11 is 3.36. The third-order valence-corrected chi connectivity index (χ3v) is 3.43. The summed E-state index contributed by atoms with van der Waals surface area (Å²) < 4.78 is 24.5. The lowest BCUT2D eigenvalue weighted by molar-refractivity contribution is 0.350. The highest BCUT2D eigenvalue weighted by Crippen LogP contribution is 2.30. The number of hydrogen-bond acceptors (Lipinski definition) is 4. The largest absolute Gasteiger partial charge is 0.493 e. The van der Waals surface area contributed by atoms with Crippen LogP contribution in [0.5, 0.6) is 11.5 Å².